The predicted octanol–water partition coefficient (Wildman–Crippen LogP) is 3.13. The van der Waals surface area contributed by atoms with Gasteiger partial charge in [-0.05, 0) is 55.8 Å². The van der Waals surface area contributed by atoms with E-state index in [0.29, 0.717) is 18.1 Å². The molecule has 6 heteroatoms. The highest BCUT2D eigenvalue weighted by Gasteiger charge is 2.38. The summed E-state index contributed by atoms with van der Waals surface area (Å²) in [6, 6.07) is 6.35. The third-order valence-electron chi connectivity index (χ3n) is 5.19. The molecule has 2 fully saturated rings. The maximum atomic E-state index is 5.46. The van der Waals surface area contributed by atoms with Crippen LogP contribution in [-0.2, 0) is 11.3 Å². The molecule has 2 bridgehead atoms. The van der Waals surface area contributed by atoms with Crippen LogP contribution in [0.2, 0.25) is 0 Å². The summed E-state index contributed by atoms with van der Waals surface area (Å²) < 4.78 is 5.07. The molecule has 1 aromatic rings. The van der Waals surface area contributed by atoms with Crippen LogP contribution in [0, 0.1) is 0 Å². The van der Waals surface area contributed by atoms with Crippen LogP contribution in [0.4, 0.5) is 0 Å². The quantitative estimate of drug-likeness (QED) is 0.572. The molecule has 2 saturated heterocycles. The lowest BCUT2D eigenvalue weighted by atomic mass is 9.81. The Morgan fingerprint density at radius 3 is 2.83 bits per heavy atom. The molecule has 0 spiro atoms. The second-order valence-corrected chi connectivity index (χ2v) is 8.35. The SMILES string of the molecule is COCCCNC(=S)NC1C[C@H]2CCC[C@H](C1)N2Cc1cccs1. The minimum atomic E-state index is 0.516. The molecule has 0 unspecified atom stereocenters. The van der Waals surface area contributed by atoms with Crippen molar-refractivity contribution in [3.8, 4) is 0 Å². The summed E-state index contributed by atoms with van der Waals surface area (Å²) in [4.78, 5) is 4.25. The molecule has 134 valence electrons. The van der Waals surface area contributed by atoms with Crippen LogP contribution in [0.5, 0.6) is 0 Å². The molecule has 0 aromatic carbocycles. The van der Waals surface area contributed by atoms with Crippen molar-refractivity contribution < 1.29 is 4.74 Å². The van der Waals surface area contributed by atoms with Crippen LogP contribution in [0.3, 0.4) is 0 Å². The number of rotatable bonds is 7. The van der Waals surface area contributed by atoms with Crippen molar-refractivity contribution in [3.05, 3.63) is 22.4 Å². The van der Waals surface area contributed by atoms with Crippen LogP contribution >= 0.6 is 23.6 Å². The van der Waals surface area contributed by atoms with Crippen LogP contribution in [-0.4, -0.2) is 48.4 Å². The summed E-state index contributed by atoms with van der Waals surface area (Å²) in [6.07, 6.45) is 7.44. The minimum absolute atomic E-state index is 0.516. The Morgan fingerprint density at radius 1 is 1.38 bits per heavy atom. The first-order valence-electron chi connectivity index (χ1n) is 9.07. The van der Waals surface area contributed by atoms with Crippen LogP contribution in [0.25, 0.3) is 0 Å². The molecule has 0 saturated carbocycles. The third-order valence-corrected chi connectivity index (χ3v) is 6.31. The number of hydrogen-bond donors (Lipinski definition) is 2. The molecule has 0 aliphatic carbocycles. The summed E-state index contributed by atoms with van der Waals surface area (Å²) in [5, 5.41) is 9.86. The van der Waals surface area contributed by atoms with Gasteiger partial charge in [0.2, 0.25) is 0 Å². The molecular formula is C18H29N3OS2. The van der Waals surface area contributed by atoms with Gasteiger partial charge in [0, 0.05) is 49.8 Å². The maximum absolute atomic E-state index is 5.46. The Labute approximate surface area is 155 Å². The van der Waals surface area contributed by atoms with E-state index in [4.69, 9.17) is 17.0 Å². The van der Waals surface area contributed by atoms with Crippen LogP contribution in [0.1, 0.15) is 43.4 Å². The van der Waals surface area contributed by atoms with E-state index in [1.807, 2.05) is 11.3 Å². The Morgan fingerprint density at radius 2 is 2.17 bits per heavy atom. The van der Waals surface area contributed by atoms with E-state index in [9.17, 15) is 0 Å². The Hall–Kier alpha value is -0.690. The van der Waals surface area contributed by atoms with E-state index in [1.54, 1.807) is 7.11 Å². The standard InChI is InChI=1S/C18H29N3OS2/c1-22-9-4-8-19-18(23)20-14-11-15-5-2-6-16(12-14)21(15)13-17-7-3-10-24-17/h3,7,10,14-16H,2,4-6,8-9,11-13H2,1H3,(H2,19,20,23)/t15-,16-/m1/s1. The highest BCUT2D eigenvalue weighted by Crippen LogP contribution is 2.35. The summed E-state index contributed by atoms with van der Waals surface area (Å²) in [5.74, 6) is 0. The Kier molecular flexibility index (Phi) is 6.89. The zero-order valence-electron chi connectivity index (χ0n) is 14.5. The molecule has 3 heterocycles. The third kappa shape index (κ3) is 4.91. The van der Waals surface area contributed by atoms with Crippen molar-refractivity contribution >= 4 is 28.7 Å². The second-order valence-electron chi connectivity index (χ2n) is 6.91. The fraction of sp³-hybridized carbons (Fsp3) is 0.722. The van der Waals surface area contributed by atoms with Crippen molar-refractivity contribution in [2.24, 2.45) is 0 Å². The van der Waals surface area contributed by atoms with Crippen LogP contribution < -0.4 is 10.6 Å². The van der Waals surface area contributed by atoms with E-state index < -0.39 is 0 Å². The normalized spacial score (nSPS) is 27.0. The number of nitrogens with zero attached hydrogens (tertiary/aromatic N) is 1. The van der Waals surface area contributed by atoms with Crippen molar-refractivity contribution in [1.29, 1.82) is 0 Å². The van der Waals surface area contributed by atoms with Crippen LogP contribution in [0.15, 0.2) is 17.5 Å². The zero-order chi connectivity index (χ0) is 16.8. The first-order valence-corrected chi connectivity index (χ1v) is 10.4. The van der Waals surface area contributed by atoms with Gasteiger partial charge >= 0.3 is 0 Å². The van der Waals surface area contributed by atoms with Gasteiger partial charge in [-0.2, -0.15) is 0 Å². The molecule has 2 aliphatic rings. The van der Waals surface area contributed by atoms with E-state index in [1.165, 1.54) is 37.0 Å². The summed E-state index contributed by atoms with van der Waals surface area (Å²) in [6.45, 7) is 2.78. The van der Waals surface area contributed by atoms with E-state index in [2.05, 4.69) is 33.0 Å². The summed E-state index contributed by atoms with van der Waals surface area (Å²) >= 11 is 7.35. The van der Waals surface area contributed by atoms with Gasteiger partial charge in [0.05, 0.1) is 0 Å². The van der Waals surface area contributed by atoms with Gasteiger partial charge in [-0.25, -0.2) is 0 Å². The molecule has 2 atom stereocenters. The number of piperidine rings is 2. The van der Waals surface area contributed by atoms with E-state index in [0.717, 1.165) is 31.2 Å². The number of methoxy groups -OCH3 is 1. The van der Waals surface area contributed by atoms with Gasteiger partial charge < -0.3 is 15.4 Å². The minimum Gasteiger partial charge on any atom is -0.385 e. The summed E-state index contributed by atoms with van der Waals surface area (Å²) in [7, 11) is 1.74. The molecule has 2 aliphatic heterocycles. The molecule has 0 radical (unpaired) electrons. The molecule has 2 N–H and O–H groups in total. The Bertz CT molecular complexity index is 494. The lowest BCUT2D eigenvalue weighted by Gasteiger charge is -2.49. The van der Waals surface area contributed by atoms with Gasteiger partial charge in [-0.1, -0.05) is 12.5 Å². The molecule has 3 rings (SSSR count). The predicted molar refractivity (Wildman–Crippen MR) is 105 cm³/mol. The smallest absolute Gasteiger partial charge is 0.166 e. The van der Waals surface area contributed by atoms with Gasteiger partial charge in [-0.3, -0.25) is 4.90 Å². The monoisotopic (exact) mass is 367 g/mol. The largest absolute Gasteiger partial charge is 0.385 e. The highest BCUT2D eigenvalue weighted by atomic mass is 32.1. The highest BCUT2D eigenvalue weighted by molar-refractivity contribution is 7.80. The first kappa shape index (κ1) is 18.1. The Balaban J connectivity index is 1.48. The number of hydrogen-bond acceptors (Lipinski definition) is 4. The summed E-state index contributed by atoms with van der Waals surface area (Å²) in [5.41, 5.74) is 0. The second kappa shape index (κ2) is 9.13. The van der Waals surface area contributed by atoms with E-state index >= 15 is 0 Å². The molecule has 0 amide bonds. The van der Waals surface area contributed by atoms with Crippen molar-refractivity contribution in [2.45, 2.75) is 63.2 Å². The van der Waals surface area contributed by atoms with Crippen molar-refractivity contribution in [1.82, 2.24) is 15.5 Å². The lowest BCUT2D eigenvalue weighted by molar-refractivity contribution is 0.0218. The molecule has 4 nitrogen and oxygen atoms in total. The first-order chi connectivity index (χ1) is 11.8. The number of thiophene rings is 1. The maximum Gasteiger partial charge on any atom is 0.166 e. The lowest BCUT2D eigenvalue weighted by Crippen LogP contribution is -2.57. The molecule has 24 heavy (non-hydrogen) atoms. The number of ether oxygens (including phenoxy) is 1. The van der Waals surface area contributed by atoms with Crippen molar-refractivity contribution in [2.75, 3.05) is 20.3 Å². The topological polar surface area (TPSA) is 36.5 Å². The number of fused-ring (bicyclic) bond motifs is 2. The van der Waals surface area contributed by atoms with Gasteiger partial charge in [0.25, 0.3) is 0 Å². The van der Waals surface area contributed by atoms with Gasteiger partial charge in [-0.15, -0.1) is 11.3 Å². The number of thiocarbonyl (C=S) groups is 1. The van der Waals surface area contributed by atoms with E-state index in [-0.39, 0.29) is 0 Å². The molecular weight excluding hydrogens is 338 g/mol. The molecule has 1 aromatic heterocycles. The fourth-order valence-corrected chi connectivity index (χ4v) is 5.07. The number of nitrogens with one attached hydrogen (secondary N) is 2. The van der Waals surface area contributed by atoms with Gasteiger partial charge in [0.1, 0.15) is 0 Å². The average Bonchev–Trinajstić information content (AvgIpc) is 3.05. The zero-order valence-corrected chi connectivity index (χ0v) is 16.1. The average molecular weight is 368 g/mol. The van der Waals surface area contributed by atoms with Crippen molar-refractivity contribution in [3.63, 3.8) is 0 Å². The fourth-order valence-electron chi connectivity index (χ4n) is 4.09. The van der Waals surface area contributed by atoms with Gasteiger partial charge in [0.15, 0.2) is 5.11 Å².